The Morgan fingerprint density at radius 3 is 1.80 bits per heavy atom. The molecule has 0 aliphatic heterocycles. The molecule has 0 bridgehead atoms. The molecule has 1 rings (SSSR count). The van der Waals surface area contributed by atoms with Crippen molar-refractivity contribution in [1.82, 2.24) is 0 Å². The molecule has 0 aromatic heterocycles. The lowest BCUT2D eigenvalue weighted by molar-refractivity contribution is 0.137. The van der Waals surface area contributed by atoms with Gasteiger partial charge in [0.2, 0.25) is 6.43 Å². The van der Waals surface area contributed by atoms with Crippen molar-refractivity contribution in [3.8, 4) is 0 Å². The van der Waals surface area contributed by atoms with Crippen LogP contribution < -0.4 is 0 Å². The highest BCUT2D eigenvalue weighted by Gasteiger charge is 2.19. The second kappa shape index (κ2) is 4.55. The lowest BCUT2D eigenvalue weighted by Crippen LogP contribution is -2.05. The minimum absolute atomic E-state index is 0.0382. The Hall–Kier alpha value is -1.20. The Kier molecular flexibility index (Phi) is 3.60. The van der Waals surface area contributed by atoms with Crippen LogP contribution in [-0.2, 0) is 6.42 Å². The van der Waals surface area contributed by atoms with E-state index in [4.69, 9.17) is 0 Å². The molecule has 6 heteroatoms. The first kappa shape index (κ1) is 11.9. The highest BCUT2D eigenvalue weighted by atomic mass is 19.3. The molecule has 1 aromatic carbocycles. The van der Waals surface area contributed by atoms with E-state index in [0.29, 0.717) is 0 Å². The van der Waals surface area contributed by atoms with Crippen molar-refractivity contribution in [2.75, 3.05) is 0 Å². The smallest absolute Gasteiger partial charge is 0.211 e. The number of hydrogen-bond donors (Lipinski definition) is 0. The summed E-state index contributed by atoms with van der Waals surface area (Å²) >= 11 is 0. The predicted molar refractivity (Wildman–Crippen MR) is 40.6 cm³/mol. The SMILES string of the molecule is Fc1cc(F)c(F)c(CCC(F)F)c1F. The molecule has 15 heavy (non-hydrogen) atoms. The van der Waals surface area contributed by atoms with E-state index in [9.17, 15) is 26.3 Å². The highest BCUT2D eigenvalue weighted by molar-refractivity contribution is 5.22. The molecule has 1 aromatic rings. The van der Waals surface area contributed by atoms with E-state index in [1.54, 1.807) is 0 Å². The van der Waals surface area contributed by atoms with Crippen LogP contribution in [0.1, 0.15) is 12.0 Å². The molecular formula is C9H6F6. The number of rotatable bonds is 3. The fourth-order valence-electron chi connectivity index (χ4n) is 1.10. The van der Waals surface area contributed by atoms with Crippen LogP contribution in [0.4, 0.5) is 26.3 Å². The fourth-order valence-corrected chi connectivity index (χ4v) is 1.10. The van der Waals surface area contributed by atoms with Gasteiger partial charge < -0.3 is 0 Å². The second-order valence-corrected chi connectivity index (χ2v) is 2.88. The Balaban J connectivity index is 3.04. The monoisotopic (exact) mass is 228 g/mol. The van der Waals surface area contributed by atoms with E-state index >= 15 is 0 Å². The summed E-state index contributed by atoms with van der Waals surface area (Å²) in [6, 6.07) is 0.0382. The number of benzene rings is 1. The van der Waals surface area contributed by atoms with Crippen molar-refractivity contribution in [1.29, 1.82) is 0 Å². The molecule has 0 aliphatic rings. The van der Waals surface area contributed by atoms with Gasteiger partial charge in [0.05, 0.1) is 0 Å². The summed E-state index contributed by atoms with van der Waals surface area (Å²) in [6.45, 7) is 0. The van der Waals surface area contributed by atoms with Crippen LogP contribution >= 0.6 is 0 Å². The fraction of sp³-hybridized carbons (Fsp3) is 0.333. The molecule has 0 amide bonds. The van der Waals surface area contributed by atoms with Crippen LogP contribution in [0.25, 0.3) is 0 Å². The van der Waals surface area contributed by atoms with E-state index in [2.05, 4.69) is 0 Å². The molecule has 84 valence electrons. The molecule has 0 unspecified atom stereocenters. The number of hydrogen-bond acceptors (Lipinski definition) is 0. The van der Waals surface area contributed by atoms with Crippen molar-refractivity contribution in [2.24, 2.45) is 0 Å². The first-order chi connectivity index (χ1) is 6.93. The lowest BCUT2D eigenvalue weighted by Gasteiger charge is -2.06. The molecule has 0 N–H and O–H groups in total. The predicted octanol–water partition coefficient (Wildman–Crippen LogP) is 3.44. The van der Waals surface area contributed by atoms with Crippen LogP contribution in [0.15, 0.2) is 6.07 Å². The van der Waals surface area contributed by atoms with Crippen LogP contribution in [0.3, 0.4) is 0 Å². The zero-order chi connectivity index (χ0) is 11.6. The quantitative estimate of drug-likeness (QED) is 0.549. The zero-order valence-electron chi connectivity index (χ0n) is 7.34. The minimum Gasteiger partial charge on any atom is -0.211 e. The molecular weight excluding hydrogens is 222 g/mol. The standard InChI is InChI=1S/C9H6F6/c10-5-3-6(11)9(15)4(8(5)14)1-2-7(12)13/h3,7H,1-2H2. The Bertz CT molecular complexity index is 334. The first-order valence-corrected chi connectivity index (χ1v) is 4.03. The van der Waals surface area contributed by atoms with Gasteiger partial charge in [-0.2, -0.15) is 0 Å². The number of halogens is 6. The minimum atomic E-state index is -2.78. The second-order valence-electron chi connectivity index (χ2n) is 2.88. The summed E-state index contributed by atoms with van der Waals surface area (Å²) in [5.74, 6) is -6.40. The zero-order valence-corrected chi connectivity index (χ0v) is 7.34. The highest BCUT2D eigenvalue weighted by Crippen LogP contribution is 2.21. The third-order valence-corrected chi connectivity index (χ3v) is 1.82. The van der Waals surface area contributed by atoms with Crippen LogP contribution in [-0.4, -0.2) is 6.43 Å². The average Bonchev–Trinajstić information content (AvgIpc) is 2.14. The molecule has 0 nitrogen and oxygen atoms in total. The maximum absolute atomic E-state index is 12.9. The van der Waals surface area contributed by atoms with Gasteiger partial charge in [-0.1, -0.05) is 0 Å². The van der Waals surface area contributed by atoms with Crippen molar-refractivity contribution in [2.45, 2.75) is 19.3 Å². The van der Waals surface area contributed by atoms with Gasteiger partial charge in [-0.05, 0) is 6.42 Å². The van der Waals surface area contributed by atoms with Crippen LogP contribution in [0, 0.1) is 23.3 Å². The van der Waals surface area contributed by atoms with Gasteiger partial charge in [0.25, 0.3) is 0 Å². The van der Waals surface area contributed by atoms with Crippen LogP contribution in [0.2, 0.25) is 0 Å². The van der Waals surface area contributed by atoms with Crippen molar-refractivity contribution in [3.05, 3.63) is 34.9 Å². The Morgan fingerprint density at radius 2 is 1.40 bits per heavy atom. The van der Waals surface area contributed by atoms with Gasteiger partial charge in [0, 0.05) is 18.1 Å². The lowest BCUT2D eigenvalue weighted by atomic mass is 10.1. The Labute approximate surface area is 81.5 Å². The van der Waals surface area contributed by atoms with E-state index in [1.807, 2.05) is 0 Å². The average molecular weight is 228 g/mol. The van der Waals surface area contributed by atoms with E-state index in [-0.39, 0.29) is 6.07 Å². The molecule has 0 heterocycles. The van der Waals surface area contributed by atoms with Gasteiger partial charge in [-0.15, -0.1) is 0 Å². The summed E-state index contributed by atoms with van der Waals surface area (Å²) in [6.07, 6.45) is -4.38. The first-order valence-electron chi connectivity index (χ1n) is 4.03. The van der Waals surface area contributed by atoms with Gasteiger partial charge >= 0.3 is 0 Å². The summed E-state index contributed by atoms with van der Waals surface area (Å²) in [5, 5.41) is 0. The van der Waals surface area contributed by atoms with Crippen LogP contribution in [0.5, 0.6) is 0 Å². The van der Waals surface area contributed by atoms with Crippen molar-refractivity contribution in [3.63, 3.8) is 0 Å². The summed E-state index contributed by atoms with van der Waals surface area (Å²) < 4.78 is 74.4. The van der Waals surface area contributed by atoms with E-state index in [0.717, 1.165) is 0 Å². The maximum atomic E-state index is 12.9. The van der Waals surface area contributed by atoms with Crippen molar-refractivity contribution >= 4 is 0 Å². The molecule has 0 spiro atoms. The van der Waals surface area contributed by atoms with Gasteiger partial charge in [-0.25, -0.2) is 26.3 Å². The third-order valence-electron chi connectivity index (χ3n) is 1.82. The van der Waals surface area contributed by atoms with E-state index < -0.39 is 48.1 Å². The molecule has 0 fully saturated rings. The molecule has 0 radical (unpaired) electrons. The van der Waals surface area contributed by atoms with Gasteiger partial charge in [0.1, 0.15) is 0 Å². The maximum Gasteiger partial charge on any atom is 0.239 e. The normalized spacial score (nSPS) is 11.1. The number of alkyl halides is 2. The van der Waals surface area contributed by atoms with Gasteiger partial charge in [0.15, 0.2) is 23.3 Å². The molecule has 0 saturated heterocycles. The van der Waals surface area contributed by atoms with Crippen molar-refractivity contribution < 1.29 is 26.3 Å². The topological polar surface area (TPSA) is 0 Å². The summed E-state index contributed by atoms with van der Waals surface area (Å²) in [5.41, 5.74) is -0.979. The Morgan fingerprint density at radius 1 is 0.933 bits per heavy atom. The summed E-state index contributed by atoms with van der Waals surface area (Å²) in [4.78, 5) is 0. The molecule has 0 saturated carbocycles. The molecule has 0 aliphatic carbocycles. The summed E-state index contributed by atoms with van der Waals surface area (Å²) in [7, 11) is 0. The largest absolute Gasteiger partial charge is 0.239 e. The molecule has 0 atom stereocenters. The van der Waals surface area contributed by atoms with Gasteiger partial charge in [-0.3, -0.25) is 0 Å². The van der Waals surface area contributed by atoms with E-state index in [1.165, 1.54) is 0 Å². The third kappa shape index (κ3) is 2.64.